The van der Waals surface area contributed by atoms with Gasteiger partial charge >= 0.3 is 5.97 Å². The number of carboxylic acids is 1. The SMILES string of the molecule is CCCC(C)(NC(=O)c1sccc1-n1cccc1)C(=O)O. The minimum absolute atomic E-state index is 0.355. The van der Waals surface area contributed by atoms with Crippen LogP contribution in [0.25, 0.3) is 5.69 Å². The van der Waals surface area contributed by atoms with Gasteiger partial charge in [-0.3, -0.25) is 4.79 Å². The molecule has 1 amide bonds. The zero-order valence-electron chi connectivity index (χ0n) is 12.0. The third-order valence-corrected chi connectivity index (χ3v) is 4.25. The molecule has 0 saturated heterocycles. The number of nitrogens with zero attached hydrogens (tertiary/aromatic N) is 1. The van der Waals surface area contributed by atoms with Crippen molar-refractivity contribution < 1.29 is 14.7 Å². The van der Waals surface area contributed by atoms with Gasteiger partial charge in [0.2, 0.25) is 0 Å². The van der Waals surface area contributed by atoms with Crippen molar-refractivity contribution >= 4 is 23.2 Å². The molecule has 2 N–H and O–H groups in total. The summed E-state index contributed by atoms with van der Waals surface area (Å²) in [6.07, 6.45) is 4.76. The number of thiophene rings is 1. The lowest BCUT2D eigenvalue weighted by molar-refractivity contribution is -0.144. The van der Waals surface area contributed by atoms with Gasteiger partial charge in [-0.05, 0) is 36.9 Å². The van der Waals surface area contributed by atoms with Crippen LogP contribution in [0.1, 0.15) is 36.4 Å². The number of amides is 1. The second-order valence-corrected chi connectivity index (χ2v) is 5.98. The standard InChI is InChI=1S/C15H18N2O3S/c1-3-7-15(2,14(19)20)16-13(18)12-11(6-10-21-12)17-8-4-5-9-17/h4-6,8-10H,3,7H2,1-2H3,(H,16,18)(H,19,20). The van der Waals surface area contributed by atoms with Crippen molar-refractivity contribution in [2.24, 2.45) is 0 Å². The van der Waals surface area contributed by atoms with Gasteiger partial charge in [-0.25, -0.2) is 4.79 Å². The zero-order valence-corrected chi connectivity index (χ0v) is 12.8. The first kappa shape index (κ1) is 15.3. The maximum atomic E-state index is 12.4. The van der Waals surface area contributed by atoms with E-state index in [1.54, 1.807) is 6.92 Å². The molecule has 0 aliphatic carbocycles. The fourth-order valence-corrected chi connectivity index (χ4v) is 2.99. The maximum absolute atomic E-state index is 12.4. The van der Waals surface area contributed by atoms with Gasteiger partial charge in [-0.1, -0.05) is 13.3 Å². The summed E-state index contributed by atoms with van der Waals surface area (Å²) >= 11 is 1.30. The van der Waals surface area contributed by atoms with Crippen LogP contribution < -0.4 is 5.32 Å². The summed E-state index contributed by atoms with van der Waals surface area (Å²) in [4.78, 5) is 24.4. The molecule has 2 rings (SSSR count). The Bertz CT molecular complexity index is 633. The number of carboxylic acid groups (broad SMARTS) is 1. The Morgan fingerprint density at radius 1 is 1.38 bits per heavy atom. The van der Waals surface area contributed by atoms with Gasteiger partial charge in [0, 0.05) is 12.4 Å². The average Bonchev–Trinajstić information content (AvgIpc) is 3.09. The molecule has 2 aromatic rings. The molecule has 0 spiro atoms. The van der Waals surface area contributed by atoms with E-state index in [4.69, 9.17) is 0 Å². The van der Waals surface area contributed by atoms with Gasteiger partial charge in [0.25, 0.3) is 5.91 Å². The number of hydrogen-bond donors (Lipinski definition) is 2. The minimum atomic E-state index is -1.25. The molecule has 6 heteroatoms. The number of carbonyl (C=O) groups is 2. The highest BCUT2D eigenvalue weighted by Gasteiger charge is 2.34. The van der Waals surface area contributed by atoms with E-state index in [1.807, 2.05) is 47.5 Å². The summed E-state index contributed by atoms with van der Waals surface area (Å²) in [6, 6.07) is 5.59. The van der Waals surface area contributed by atoms with Gasteiger partial charge in [0.15, 0.2) is 0 Å². The molecular formula is C15H18N2O3S. The highest BCUT2D eigenvalue weighted by molar-refractivity contribution is 7.12. The first-order valence-corrected chi connectivity index (χ1v) is 7.62. The molecular weight excluding hydrogens is 288 g/mol. The fraction of sp³-hybridized carbons (Fsp3) is 0.333. The monoisotopic (exact) mass is 306 g/mol. The van der Waals surface area contributed by atoms with Gasteiger partial charge in [0.05, 0.1) is 5.69 Å². The molecule has 0 aliphatic heterocycles. The lowest BCUT2D eigenvalue weighted by atomic mass is 9.96. The molecule has 0 radical (unpaired) electrons. The Morgan fingerprint density at radius 2 is 2.05 bits per heavy atom. The Kier molecular flexibility index (Phi) is 4.47. The summed E-state index contributed by atoms with van der Waals surface area (Å²) in [7, 11) is 0. The van der Waals surface area contributed by atoms with Crippen LogP contribution in [0.4, 0.5) is 0 Å². The smallest absolute Gasteiger partial charge is 0.329 e. The van der Waals surface area contributed by atoms with Crippen LogP contribution in [0.5, 0.6) is 0 Å². The summed E-state index contributed by atoms with van der Waals surface area (Å²) in [5.74, 6) is -1.37. The van der Waals surface area contributed by atoms with E-state index in [0.29, 0.717) is 17.7 Å². The van der Waals surface area contributed by atoms with Crippen molar-refractivity contribution in [2.75, 3.05) is 0 Å². The second kappa shape index (κ2) is 6.13. The molecule has 2 aromatic heterocycles. The molecule has 1 unspecified atom stereocenters. The largest absolute Gasteiger partial charge is 0.480 e. The molecule has 0 aliphatic rings. The van der Waals surface area contributed by atoms with E-state index in [9.17, 15) is 14.7 Å². The van der Waals surface area contributed by atoms with Crippen molar-refractivity contribution in [1.29, 1.82) is 0 Å². The molecule has 0 aromatic carbocycles. The first-order valence-electron chi connectivity index (χ1n) is 6.74. The van der Waals surface area contributed by atoms with Crippen molar-refractivity contribution in [1.82, 2.24) is 9.88 Å². The van der Waals surface area contributed by atoms with Crippen molar-refractivity contribution in [2.45, 2.75) is 32.2 Å². The van der Waals surface area contributed by atoms with Crippen LogP contribution in [0.15, 0.2) is 36.0 Å². The molecule has 112 valence electrons. The molecule has 0 bridgehead atoms. The third kappa shape index (κ3) is 3.16. The molecule has 0 saturated carbocycles. The zero-order chi connectivity index (χ0) is 15.5. The average molecular weight is 306 g/mol. The van der Waals surface area contributed by atoms with E-state index in [-0.39, 0.29) is 5.91 Å². The fourth-order valence-electron chi connectivity index (χ4n) is 2.20. The van der Waals surface area contributed by atoms with Gasteiger partial charge in [-0.15, -0.1) is 11.3 Å². The Morgan fingerprint density at radius 3 is 2.62 bits per heavy atom. The maximum Gasteiger partial charge on any atom is 0.329 e. The van der Waals surface area contributed by atoms with Crippen LogP contribution in [-0.2, 0) is 4.79 Å². The van der Waals surface area contributed by atoms with Gasteiger partial charge < -0.3 is 15.0 Å². The number of rotatable bonds is 6. The molecule has 0 fully saturated rings. The Balaban J connectivity index is 2.25. The third-order valence-electron chi connectivity index (χ3n) is 3.34. The molecule has 1 atom stereocenters. The summed E-state index contributed by atoms with van der Waals surface area (Å²) in [5.41, 5.74) is -0.490. The van der Waals surface area contributed by atoms with Crippen molar-refractivity contribution in [3.63, 3.8) is 0 Å². The van der Waals surface area contributed by atoms with Crippen LogP contribution in [0.2, 0.25) is 0 Å². The topological polar surface area (TPSA) is 71.3 Å². The lowest BCUT2D eigenvalue weighted by Gasteiger charge is -2.25. The van der Waals surface area contributed by atoms with Crippen LogP contribution in [-0.4, -0.2) is 27.1 Å². The predicted octanol–water partition coefficient (Wildman–Crippen LogP) is 2.91. The van der Waals surface area contributed by atoms with E-state index >= 15 is 0 Å². The Labute approximate surface area is 127 Å². The summed E-state index contributed by atoms with van der Waals surface area (Å²) in [5, 5.41) is 13.8. The quantitative estimate of drug-likeness (QED) is 0.862. The highest BCUT2D eigenvalue weighted by atomic mass is 32.1. The van der Waals surface area contributed by atoms with E-state index in [2.05, 4.69) is 5.32 Å². The molecule has 21 heavy (non-hydrogen) atoms. The number of nitrogens with one attached hydrogen (secondary N) is 1. The van der Waals surface area contributed by atoms with Crippen molar-refractivity contribution in [3.8, 4) is 5.69 Å². The van der Waals surface area contributed by atoms with Crippen molar-refractivity contribution in [3.05, 3.63) is 40.8 Å². The number of hydrogen-bond acceptors (Lipinski definition) is 3. The number of aliphatic carboxylic acids is 1. The highest BCUT2D eigenvalue weighted by Crippen LogP contribution is 2.23. The first-order chi connectivity index (χ1) is 9.98. The molecule has 2 heterocycles. The summed E-state index contributed by atoms with van der Waals surface area (Å²) in [6.45, 7) is 3.43. The summed E-state index contributed by atoms with van der Waals surface area (Å²) < 4.78 is 1.84. The van der Waals surface area contributed by atoms with Crippen LogP contribution >= 0.6 is 11.3 Å². The minimum Gasteiger partial charge on any atom is -0.480 e. The van der Waals surface area contributed by atoms with Gasteiger partial charge in [-0.2, -0.15) is 0 Å². The van der Waals surface area contributed by atoms with E-state index < -0.39 is 11.5 Å². The van der Waals surface area contributed by atoms with Crippen LogP contribution in [0.3, 0.4) is 0 Å². The normalized spacial score (nSPS) is 13.6. The van der Waals surface area contributed by atoms with Crippen LogP contribution in [0, 0.1) is 0 Å². The van der Waals surface area contributed by atoms with E-state index in [1.165, 1.54) is 11.3 Å². The predicted molar refractivity (Wildman–Crippen MR) is 82.1 cm³/mol. The van der Waals surface area contributed by atoms with E-state index in [0.717, 1.165) is 5.69 Å². The van der Waals surface area contributed by atoms with Gasteiger partial charge in [0.1, 0.15) is 10.4 Å². The lowest BCUT2D eigenvalue weighted by Crippen LogP contribution is -2.52. The molecule has 5 nitrogen and oxygen atoms in total. The number of aromatic nitrogens is 1. The number of carbonyl (C=O) groups excluding carboxylic acids is 1. The Hall–Kier alpha value is -2.08. The second-order valence-electron chi connectivity index (χ2n) is 5.07.